The van der Waals surface area contributed by atoms with Crippen molar-refractivity contribution >= 4 is 21.8 Å². The normalized spacial score (nSPS) is 14.1. The summed E-state index contributed by atoms with van der Waals surface area (Å²) in [6, 6.07) is 5.84. The molecule has 1 N–H and O–H groups in total. The number of carbonyl (C=O) groups is 1. The van der Waals surface area contributed by atoms with Crippen molar-refractivity contribution in [3.63, 3.8) is 0 Å². The molecule has 0 fully saturated rings. The fourth-order valence-electron chi connectivity index (χ4n) is 1.77. The highest BCUT2D eigenvalue weighted by atomic mass is 79.9. The van der Waals surface area contributed by atoms with Gasteiger partial charge in [-0.2, -0.15) is 0 Å². The molecule has 0 radical (unpaired) electrons. The number of halogens is 1. The third-order valence-electron chi connectivity index (χ3n) is 3.61. The van der Waals surface area contributed by atoms with Crippen LogP contribution in [0, 0.1) is 13.8 Å². The first-order valence-electron chi connectivity index (χ1n) is 6.37. The monoisotopic (exact) mass is 311 g/mol. The Morgan fingerprint density at radius 1 is 1.33 bits per heavy atom. The predicted molar refractivity (Wildman–Crippen MR) is 80.5 cm³/mol. The van der Waals surface area contributed by atoms with Gasteiger partial charge in [0.25, 0.3) is 5.91 Å². The number of hydrogen-bond acceptors (Lipinski definition) is 1. The maximum Gasteiger partial charge on any atom is 0.251 e. The molecule has 0 heterocycles. The summed E-state index contributed by atoms with van der Waals surface area (Å²) >= 11 is 3.44. The Bertz CT molecular complexity index is 431. The molecule has 1 aromatic carbocycles. The number of alkyl halides is 1. The van der Waals surface area contributed by atoms with E-state index in [-0.39, 0.29) is 11.4 Å². The van der Waals surface area contributed by atoms with Crippen molar-refractivity contribution in [1.82, 2.24) is 5.32 Å². The molecule has 1 aromatic rings. The first-order chi connectivity index (χ1) is 8.41. The van der Waals surface area contributed by atoms with Crippen LogP contribution in [0.4, 0.5) is 0 Å². The standard InChI is InChI=1S/C15H22BrNO/c1-5-15(4,8-9-16)17-14(18)13-7-6-11(2)12(3)10-13/h6-7,10H,5,8-9H2,1-4H3,(H,17,18). The first kappa shape index (κ1) is 15.2. The maximum atomic E-state index is 12.2. The van der Waals surface area contributed by atoms with Crippen LogP contribution in [0.15, 0.2) is 18.2 Å². The molecule has 0 aromatic heterocycles. The van der Waals surface area contributed by atoms with E-state index in [4.69, 9.17) is 0 Å². The van der Waals surface area contributed by atoms with Gasteiger partial charge in [0.15, 0.2) is 0 Å². The van der Waals surface area contributed by atoms with Crippen LogP contribution in [0.1, 0.15) is 48.2 Å². The molecule has 1 unspecified atom stereocenters. The summed E-state index contributed by atoms with van der Waals surface area (Å²) < 4.78 is 0. The number of benzene rings is 1. The van der Waals surface area contributed by atoms with Crippen LogP contribution in [0.25, 0.3) is 0 Å². The minimum Gasteiger partial charge on any atom is -0.347 e. The molecule has 0 saturated carbocycles. The average molecular weight is 312 g/mol. The summed E-state index contributed by atoms with van der Waals surface area (Å²) in [4.78, 5) is 12.2. The Morgan fingerprint density at radius 2 is 2.00 bits per heavy atom. The summed E-state index contributed by atoms with van der Waals surface area (Å²) in [5.41, 5.74) is 2.97. The molecule has 0 saturated heterocycles. The van der Waals surface area contributed by atoms with Crippen molar-refractivity contribution in [3.8, 4) is 0 Å². The van der Waals surface area contributed by atoms with Crippen LogP contribution in [0.5, 0.6) is 0 Å². The quantitative estimate of drug-likeness (QED) is 0.819. The fraction of sp³-hybridized carbons (Fsp3) is 0.533. The lowest BCUT2D eigenvalue weighted by Crippen LogP contribution is -2.45. The highest BCUT2D eigenvalue weighted by Gasteiger charge is 2.24. The van der Waals surface area contributed by atoms with Crippen LogP contribution in [0.3, 0.4) is 0 Å². The molecular formula is C15H22BrNO. The second kappa shape index (κ2) is 6.37. The number of hydrogen-bond donors (Lipinski definition) is 1. The maximum absolute atomic E-state index is 12.2. The minimum absolute atomic E-state index is 0.0170. The van der Waals surface area contributed by atoms with Crippen LogP contribution >= 0.6 is 15.9 Å². The zero-order valence-corrected chi connectivity index (χ0v) is 13.2. The van der Waals surface area contributed by atoms with Crippen LogP contribution in [0.2, 0.25) is 0 Å². The smallest absolute Gasteiger partial charge is 0.251 e. The van der Waals surface area contributed by atoms with Crippen LogP contribution in [-0.4, -0.2) is 16.8 Å². The van der Waals surface area contributed by atoms with Crippen molar-refractivity contribution in [1.29, 1.82) is 0 Å². The number of amides is 1. The lowest BCUT2D eigenvalue weighted by Gasteiger charge is -2.29. The lowest BCUT2D eigenvalue weighted by atomic mass is 9.94. The van der Waals surface area contributed by atoms with E-state index in [2.05, 4.69) is 42.0 Å². The van der Waals surface area contributed by atoms with E-state index in [1.165, 1.54) is 5.56 Å². The molecule has 0 aliphatic heterocycles. The van der Waals surface area contributed by atoms with Crippen LogP contribution < -0.4 is 5.32 Å². The van der Waals surface area contributed by atoms with Gasteiger partial charge >= 0.3 is 0 Å². The Morgan fingerprint density at radius 3 is 2.50 bits per heavy atom. The largest absolute Gasteiger partial charge is 0.347 e. The molecule has 1 amide bonds. The molecule has 1 rings (SSSR count). The fourth-order valence-corrected chi connectivity index (χ4v) is 2.64. The van der Waals surface area contributed by atoms with Gasteiger partial charge in [-0.3, -0.25) is 4.79 Å². The summed E-state index contributed by atoms with van der Waals surface area (Å²) in [5, 5.41) is 4.03. The highest BCUT2D eigenvalue weighted by Crippen LogP contribution is 2.17. The minimum atomic E-state index is -0.140. The molecule has 2 nitrogen and oxygen atoms in total. The molecule has 100 valence electrons. The molecule has 18 heavy (non-hydrogen) atoms. The predicted octanol–water partition coefficient (Wildman–Crippen LogP) is 3.99. The van der Waals surface area contributed by atoms with Crippen molar-refractivity contribution in [2.45, 2.75) is 46.1 Å². The zero-order chi connectivity index (χ0) is 13.8. The second-order valence-corrected chi connectivity index (χ2v) is 5.90. The lowest BCUT2D eigenvalue weighted by molar-refractivity contribution is 0.0901. The first-order valence-corrected chi connectivity index (χ1v) is 7.50. The van der Waals surface area contributed by atoms with E-state index in [0.29, 0.717) is 0 Å². The summed E-state index contributed by atoms with van der Waals surface area (Å²) in [5.74, 6) is 0.0170. The van der Waals surface area contributed by atoms with Crippen molar-refractivity contribution in [2.24, 2.45) is 0 Å². The van der Waals surface area contributed by atoms with E-state index >= 15 is 0 Å². The molecule has 1 atom stereocenters. The van der Waals surface area contributed by atoms with Crippen molar-refractivity contribution in [2.75, 3.05) is 5.33 Å². The van der Waals surface area contributed by atoms with Gasteiger partial charge in [-0.25, -0.2) is 0 Å². The zero-order valence-electron chi connectivity index (χ0n) is 11.6. The number of nitrogens with one attached hydrogen (secondary N) is 1. The van der Waals surface area contributed by atoms with Gasteiger partial charge in [-0.05, 0) is 56.9 Å². The highest BCUT2D eigenvalue weighted by molar-refractivity contribution is 9.09. The van der Waals surface area contributed by atoms with E-state index < -0.39 is 0 Å². The molecule has 0 aliphatic rings. The van der Waals surface area contributed by atoms with Gasteiger partial charge in [0.1, 0.15) is 0 Å². The molecular weight excluding hydrogens is 290 g/mol. The number of aryl methyl sites for hydroxylation is 2. The van der Waals surface area contributed by atoms with Gasteiger partial charge in [0, 0.05) is 16.4 Å². The van der Waals surface area contributed by atoms with Gasteiger partial charge < -0.3 is 5.32 Å². The Balaban J connectivity index is 2.84. The third-order valence-corrected chi connectivity index (χ3v) is 4.01. The summed E-state index contributed by atoms with van der Waals surface area (Å²) in [6.45, 7) is 8.28. The van der Waals surface area contributed by atoms with E-state index in [9.17, 15) is 4.79 Å². The van der Waals surface area contributed by atoms with Gasteiger partial charge in [-0.15, -0.1) is 0 Å². The molecule has 0 spiro atoms. The number of carbonyl (C=O) groups excluding carboxylic acids is 1. The molecule has 3 heteroatoms. The second-order valence-electron chi connectivity index (χ2n) is 5.11. The Hall–Kier alpha value is -0.830. The van der Waals surface area contributed by atoms with E-state index in [0.717, 1.165) is 29.3 Å². The van der Waals surface area contributed by atoms with E-state index in [1.807, 2.05) is 25.1 Å². The molecule has 0 aliphatic carbocycles. The van der Waals surface area contributed by atoms with Gasteiger partial charge in [-0.1, -0.05) is 28.9 Å². The van der Waals surface area contributed by atoms with E-state index in [1.54, 1.807) is 0 Å². The summed E-state index contributed by atoms with van der Waals surface area (Å²) in [7, 11) is 0. The molecule has 0 bridgehead atoms. The Labute approximate surface area is 118 Å². The average Bonchev–Trinajstić information content (AvgIpc) is 2.32. The summed E-state index contributed by atoms with van der Waals surface area (Å²) in [6.07, 6.45) is 1.86. The van der Waals surface area contributed by atoms with Crippen molar-refractivity contribution in [3.05, 3.63) is 34.9 Å². The van der Waals surface area contributed by atoms with Crippen LogP contribution in [-0.2, 0) is 0 Å². The van der Waals surface area contributed by atoms with Gasteiger partial charge in [0.2, 0.25) is 0 Å². The Kier molecular flexibility index (Phi) is 5.39. The third kappa shape index (κ3) is 3.84. The topological polar surface area (TPSA) is 29.1 Å². The number of rotatable bonds is 5. The van der Waals surface area contributed by atoms with Gasteiger partial charge in [0.05, 0.1) is 0 Å². The SMILES string of the molecule is CCC(C)(CCBr)NC(=O)c1ccc(C)c(C)c1. The van der Waals surface area contributed by atoms with Crippen molar-refractivity contribution < 1.29 is 4.79 Å².